The molecule has 28 heteroatoms. The molecule has 27 nitrogen and oxygen atoms in total. The largest absolute Gasteiger partial charge is 0.508 e. The van der Waals surface area contributed by atoms with Crippen molar-refractivity contribution in [3.05, 3.63) is 173 Å². The van der Waals surface area contributed by atoms with Gasteiger partial charge in [0.15, 0.2) is 0 Å². The third kappa shape index (κ3) is 25.0. The zero-order chi connectivity index (χ0) is 75.6. The number of hydrogen-bond donors (Lipinski definition) is 12. The number of likely N-dealkylation sites (tertiary alicyclic amines) is 1. The number of carbonyl (C=O) groups excluding carboxylic acids is 11. The van der Waals surface area contributed by atoms with Gasteiger partial charge in [-0.05, 0) is 133 Å². The Morgan fingerprint density at radius 1 is 0.567 bits per heavy atom. The molecular weight excluding hydrogens is 1350 g/mol. The van der Waals surface area contributed by atoms with Crippen molar-refractivity contribution in [1.29, 1.82) is 0 Å². The zero-order valence-electron chi connectivity index (χ0n) is 59.7. The first-order valence-electron chi connectivity index (χ1n) is 35.0. The van der Waals surface area contributed by atoms with Crippen molar-refractivity contribution in [3.8, 4) is 5.75 Å². The summed E-state index contributed by atoms with van der Waals surface area (Å²) >= 11 is 6.25. The van der Waals surface area contributed by atoms with E-state index in [1.54, 1.807) is 48.5 Å². The summed E-state index contributed by atoms with van der Waals surface area (Å²) < 4.78 is 0. The number of nitrogens with one attached hydrogen (secondary N) is 9. The Balaban J connectivity index is 1.14. The van der Waals surface area contributed by atoms with E-state index < -0.39 is 132 Å². The number of unbranched alkanes of at least 4 members (excludes halogenated alkanes) is 1. The van der Waals surface area contributed by atoms with Crippen LogP contribution < -0.4 is 53.6 Å². The van der Waals surface area contributed by atoms with Crippen LogP contribution in [0.1, 0.15) is 108 Å². The predicted molar refractivity (Wildman–Crippen MR) is 391 cm³/mol. The number of rotatable bonds is 38. The number of fused-ring (bicyclic) bond motifs is 1. The number of hydrogen-bond acceptors (Lipinski definition) is 16. The summed E-state index contributed by atoms with van der Waals surface area (Å²) in [6.45, 7) is 10.1. The maximum atomic E-state index is 15.4. The number of phenolic OH excluding ortho intramolecular Hbond substituents is 1. The molecule has 13 N–H and O–H groups in total. The minimum atomic E-state index is -1.81. The van der Waals surface area contributed by atoms with E-state index in [4.69, 9.17) is 17.3 Å². The van der Waals surface area contributed by atoms with Crippen LogP contribution in [0.25, 0.3) is 10.8 Å². The molecule has 1 aliphatic heterocycles. The highest BCUT2D eigenvalue weighted by atomic mass is 35.5. The number of amides is 11. The molecule has 0 spiro atoms. The number of nitrogens with zero attached hydrogens (tertiary/aromatic N) is 4. The molecule has 4 aromatic carbocycles. The highest BCUT2D eigenvalue weighted by Crippen LogP contribution is 2.23. The van der Waals surface area contributed by atoms with E-state index in [2.05, 4.69) is 57.8 Å². The van der Waals surface area contributed by atoms with E-state index in [-0.39, 0.29) is 69.2 Å². The number of halogens is 1. The molecule has 0 aliphatic carbocycles. The molecule has 0 saturated carbocycles. The third-order valence-corrected chi connectivity index (χ3v) is 18.1. The molecule has 104 heavy (non-hydrogen) atoms. The number of pyridine rings is 2. The van der Waals surface area contributed by atoms with Crippen molar-refractivity contribution in [3.63, 3.8) is 0 Å². The van der Waals surface area contributed by atoms with Crippen LogP contribution in [0.15, 0.2) is 140 Å². The lowest BCUT2D eigenvalue weighted by Crippen LogP contribution is -2.62. The second kappa shape index (κ2) is 39.9. The molecule has 10 atom stereocenters. The van der Waals surface area contributed by atoms with Crippen LogP contribution in [0.2, 0.25) is 5.02 Å². The van der Waals surface area contributed by atoms with Gasteiger partial charge in [0.1, 0.15) is 66.2 Å². The van der Waals surface area contributed by atoms with E-state index in [0.29, 0.717) is 65.1 Å². The van der Waals surface area contributed by atoms with Crippen LogP contribution >= 0.6 is 11.6 Å². The van der Waals surface area contributed by atoms with E-state index in [1.165, 1.54) is 74.8 Å². The topological polar surface area (TPSA) is 395 Å². The predicted octanol–water partition coefficient (Wildman–Crippen LogP) is 2.93. The number of primary amides is 1. The smallest absolute Gasteiger partial charge is 0.245 e. The lowest BCUT2D eigenvalue weighted by molar-refractivity contribution is -0.144. The van der Waals surface area contributed by atoms with Crippen molar-refractivity contribution < 1.29 is 63.0 Å². The van der Waals surface area contributed by atoms with Gasteiger partial charge in [-0.3, -0.25) is 62.7 Å². The Kier molecular flexibility index (Phi) is 31.0. The average Bonchev–Trinajstić information content (AvgIpc) is 1.16. The maximum absolute atomic E-state index is 15.4. The fourth-order valence-electron chi connectivity index (χ4n) is 12.2. The second-order valence-electron chi connectivity index (χ2n) is 27.0. The van der Waals surface area contributed by atoms with Crippen LogP contribution in [-0.2, 0) is 84.8 Å². The quantitative estimate of drug-likeness (QED) is 0.0248. The molecule has 6 aromatic rings. The highest BCUT2D eigenvalue weighted by Gasteiger charge is 2.41. The minimum Gasteiger partial charge on any atom is -0.508 e. The fourth-order valence-corrected chi connectivity index (χ4v) is 12.4. The molecule has 11 amide bonds. The number of likely N-dealkylation sites (N-methyl/N-ethyl adjacent to an activating group) is 1. The number of nitrogens with two attached hydrogens (primary N) is 1. The van der Waals surface area contributed by atoms with Crippen molar-refractivity contribution >= 4 is 87.4 Å². The van der Waals surface area contributed by atoms with E-state index in [1.807, 2.05) is 70.2 Å². The van der Waals surface area contributed by atoms with Gasteiger partial charge in [0.25, 0.3) is 0 Å². The van der Waals surface area contributed by atoms with Crippen LogP contribution in [-0.4, -0.2) is 188 Å². The molecule has 1 aliphatic rings. The summed E-state index contributed by atoms with van der Waals surface area (Å²) in [6.07, 6.45) is 7.29. The van der Waals surface area contributed by atoms with E-state index >= 15 is 9.59 Å². The van der Waals surface area contributed by atoms with Gasteiger partial charge < -0.3 is 73.6 Å². The number of aliphatic hydroxyl groups excluding tert-OH is 1. The lowest BCUT2D eigenvalue weighted by atomic mass is 9.99. The van der Waals surface area contributed by atoms with Gasteiger partial charge in [0.2, 0.25) is 65.0 Å². The minimum absolute atomic E-state index is 0.0407. The Bertz CT molecular complexity index is 3910. The summed E-state index contributed by atoms with van der Waals surface area (Å²) in [4.78, 5) is 168. The fraction of sp³-hybridized carbons (Fsp3) is 0.434. The van der Waals surface area contributed by atoms with Gasteiger partial charge in [-0.25, -0.2) is 0 Å². The van der Waals surface area contributed by atoms with Crippen LogP contribution in [0.3, 0.4) is 0 Å². The van der Waals surface area contributed by atoms with Gasteiger partial charge in [0, 0.05) is 88.5 Å². The molecule has 0 bridgehead atoms. The molecule has 1 fully saturated rings. The first-order valence-corrected chi connectivity index (χ1v) is 35.4. The first-order chi connectivity index (χ1) is 49.7. The Morgan fingerprint density at radius 2 is 1.08 bits per heavy atom. The molecule has 1 saturated heterocycles. The Morgan fingerprint density at radius 3 is 1.65 bits per heavy atom. The monoisotopic (exact) mass is 1450 g/mol. The van der Waals surface area contributed by atoms with Crippen LogP contribution in [0.4, 0.5) is 0 Å². The molecule has 7 rings (SSSR count). The van der Waals surface area contributed by atoms with Crippen molar-refractivity contribution in [2.24, 2.45) is 11.7 Å². The molecule has 2 aromatic heterocycles. The van der Waals surface area contributed by atoms with E-state index in [0.717, 1.165) is 15.7 Å². The molecule has 0 radical (unpaired) electrons. The Labute approximate surface area is 610 Å². The van der Waals surface area contributed by atoms with Gasteiger partial charge in [-0.1, -0.05) is 118 Å². The molecule has 556 valence electrons. The standard InChI is InChI=1S/C76H97ClN14O13/c1-45(2)35-59(68(96)84-58(19-10-11-33-81-46(3)4)76(104)91-34-14-20-65(91)73(101)82-47(5)67(78)95)87-74(102)66(41-53-16-13-32-80-43-53)90(7)75(103)63(38-50-24-29-57(94)30-25-50)88-72(100)64(44-92)89-71(99)62(40-52-15-12-31-79-42-52)86-70(98)61(37-49-22-27-56(77)28-23-49)85-69(97)60(83-48(6)93)39-51-21-26-54-17-8-9-18-55(54)36-51/h8-9,12-13,15-18,21-32,36,42-43,45-47,58-66,81,92,94H,10-11,14,19-20,33-35,37-41,44H2,1-7H3,(H2,78,95)(H,82,101)(H,83,93)(H,84,96)(H,85,97)(H,86,98)(H,87,102)(H,88,100)(H,89,99). The number of carbonyl (C=O) groups is 11. The average molecular weight is 1450 g/mol. The van der Waals surface area contributed by atoms with Gasteiger partial charge in [0.05, 0.1) is 6.61 Å². The summed E-state index contributed by atoms with van der Waals surface area (Å²) in [6, 6.07) is 18.9. The SMILES string of the molecule is CC(=O)NC(Cc1ccc2ccccc2c1)C(=O)NC(Cc1ccc(Cl)cc1)C(=O)NC(Cc1cccnc1)C(=O)NC(CO)C(=O)NC(Cc1ccc(O)cc1)C(=O)N(C)C(Cc1cccnc1)C(=O)NC(CC(C)C)C(=O)NC(CCCCNC(C)C)C(=O)N1CCCC1C(=O)NC(C)C(N)=O. The number of aromatic hydroxyl groups is 1. The van der Waals surface area contributed by atoms with Gasteiger partial charge >= 0.3 is 0 Å². The van der Waals surface area contributed by atoms with Crippen molar-refractivity contribution in [1.82, 2.24) is 67.6 Å². The first kappa shape index (κ1) is 80.9. The van der Waals surface area contributed by atoms with Crippen molar-refractivity contribution in [2.45, 2.75) is 179 Å². The number of aliphatic hydroxyl groups is 1. The summed E-state index contributed by atoms with van der Waals surface area (Å²) in [5, 5.41) is 48.7. The third-order valence-electron chi connectivity index (χ3n) is 17.9. The van der Waals surface area contributed by atoms with E-state index in [9.17, 15) is 53.4 Å². The second-order valence-corrected chi connectivity index (χ2v) is 27.5. The Hall–Kier alpha value is -10.4. The molecular formula is C76H97ClN14O13. The lowest BCUT2D eigenvalue weighted by Gasteiger charge is -2.33. The summed E-state index contributed by atoms with van der Waals surface area (Å²) in [5.74, 6) is -8.74. The normalized spacial score (nSPS) is 15.3. The van der Waals surface area contributed by atoms with Gasteiger partial charge in [-0.15, -0.1) is 0 Å². The zero-order valence-corrected chi connectivity index (χ0v) is 60.5. The van der Waals surface area contributed by atoms with Crippen LogP contribution in [0.5, 0.6) is 5.75 Å². The maximum Gasteiger partial charge on any atom is 0.245 e. The summed E-state index contributed by atoms with van der Waals surface area (Å²) in [5.41, 5.74) is 8.08. The highest BCUT2D eigenvalue weighted by molar-refractivity contribution is 6.30. The number of aromatic nitrogens is 2. The molecule has 3 heterocycles. The molecule has 10 unspecified atom stereocenters. The van der Waals surface area contributed by atoms with Crippen LogP contribution in [0, 0.1) is 5.92 Å². The summed E-state index contributed by atoms with van der Waals surface area (Å²) in [7, 11) is 1.33. The number of phenols is 1. The van der Waals surface area contributed by atoms with Gasteiger partial charge in [-0.2, -0.15) is 0 Å². The van der Waals surface area contributed by atoms with Crippen molar-refractivity contribution in [2.75, 3.05) is 26.7 Å². The number of benzene rings is 4.